The first-order chi connectivity index (χ1) is 14.1. The molecular formula is C23H27N3O2S. The van der Waals surface area contributed by atoms with Crippen molar-refractivity contribution in [1.29, 1.82) is 0 Å². The number of hydrogen-bond acceptors (Lipinski definition) is 4. The van der Waals surface area contributed by atoms with E-state index in [4.69, 9.17) is 0 Å². The Balaban J connectivity index is 1.56. The first-order valence-electron chi connectivity index (χ1n) is 10.4. The van der Waals surface area contributed by atoms with Crippen LogP contribution in [-0.2, 0) is 24.2 Å². The maximum absolute atomic E-state index is 13.1. The fraction of sp³-hybridized carbons (Fsp3) is 0.435. The molecule has 3 aromatic rings. The standard InChI is InChI=1S/C23H27N3O2S/c1-3-7-18(16-8-5-4-6-9-16)25-20(27)13-26-14-24-22-21(23(26)28)17-11-10-15(2)12-19(17)29-22/h4-6,8-9,14-15,18H,3,7,10-13H2,1-2H3,(H,25,27)/t15-,18-/m1/s1. The molecule has 1 aromatic carbocycles. The highest BCUT2D eigenvalue weighted by Crippen LogP contribution is 2.35. The molecule has 1 amide bonds. The zero-order chi connectivity index (χ0) is 20.4. The van der Waals surface area contributed by atoms with E-state index in [1.54, 1.807) is 11.3 Å². The van der Waals surface area contributed by atoms with Crippen LogP contribution in [-0.4, -0.2) is 15.5 Å². The summed E-state index contributed by atoms with van der Waals surface area (Å²) in [4.78, 5) is 32.4. The highest BCUT2D eigenvalue weighted by atomic mass is 32.1. The summed E-state index contributed by atoms with van der Waals surface area (Å²) in [5, 5.41) is 3.82. The lowest BCUT2D eigenvalue weighted by Gasteiger charge is -2.19. The van der Waals surface area contributed by atoms with Crippen molar-refractivity contribution in [3.8, 4) is 0 Å². The molecule has 0 aliphatic heterocycles. The predicted molar refractivity (Wildman–Crippen MR) is 117 cm³/mol. The van der Waals surface area contributed by atoms with Gasteiger partial charge in [-0.05, 0) is 42.7 Å². The zero-order valence-electron chi connectivity index (χ0n) is 17.0. The average molecular weight is 410 g/mol. The summed E-state index contributed by atoms with van der Waals surface area (Å²) in [6, 6.07) is 9.94. The van der Waals surface area contributed by atoms with Crippen LogP contribution in [0.5, 0.6) is 0 Å². The summed E-state index contributed by atoms with van der Waals surface area (Å²) < 4.78 is 1.46. The van der Waals surface area contributed by atoms with Gasteiger partial charge >= 0.3 is 0 Å². The maximum atomic E-state index is 13.1. The largest absolute Gasteiger partial charge is 0.348 e. The Kier molecular flexibility index (Phi) is 5.81. The highest BCUT2D eigenvalue weighted by molar-refractivity contribution is 7.18. The van der Waals surface area contributed by atoms with E-state index in [-0.39, 0.29) is 24.1 Å². The second-order valence-electron chi connectivity index (χ2n) is 8.03. The number of nitrogens with zero attached hydrogens (tertiary/aromatic N) is 2. The van der Waals surface area contributed by atoms with Crippen molar-refractivity contribution in [1.82, 2.24) is 14.9 Å². The number of aromatic nitrogens is 2. The molecule has 29 heavy (non-hydrogen) atoms. The Morgan fingerprint density at radius 1 is 1.34 bits per heavy atom. The van der Waals surface area contributed by atoms with Crippen LogP contribution in [0.2, 0.25) is 0 Å². The van der Waals surface area contributed by atoms with Crippen molar-refractivity contribution in [3.63, 3.8) is 0 Å². The molecular weight excluding hydrogens is 382 g/mol. The third-order valence-corrected chi connectivity index (χ3v) is 6.87. The molecule has 0 bridgehead atoms. The number of carbonyl (C=O) groups is 1. The number of rotatable bonds is 6. The zero-order valence-corrected chi connectivity index (χ0v) is 17.8. The van der Waals surface area contributed by atoms with E-state index in [0.29, 0.717) is 5.92 Å². The van der Waals surface area contributed by atoms with Crippen LogP contribution in [0.15, 0.2) is 41.5 Å². The number of thiophene rings is 1. The van der Waals surface area contributed by atoms with Crippen molar-refractivity contribution in [2.45, 2.75) is 58.5 Å². The van der Waals surface area contributed by atoms with Crippen LogP contribution in [0.25, 0.3) is 10.2 Å². The maximum Gasteiger partial charge on any atom is 0.262 e. The molecule has 2 heterocycles. The molecule has 0 saturated carbocycles. The summed E-state index contributed by atoms with van der Waals surface area (Å²) >= 11 is 1.63. The minimum absolute atomic E-state index is 0.00412. The third-order valence-electron chi connectivity index (χ3n) is 5.71. The van der Waals surface area contributed by atoms with Crippen LogP contribution in [0.3, 0.4) is 0 Å². The fourth-order valence-corrected chi connectivity index (χ4v) is 5.51. The number of hydrogen-bond donors (Lipinski definition) is 1. The number of benzene rings is 1. The van der Waals surface area contributed by atoms with E-state index >= 15 is 0 Å². The van der Waals surface area contributed by atoms with Crippen LogP contribution in [0, 0.1) is 5.92 Å². The van der Waals surface area contributed by atoms with Crippen molar-refractivity contribution in [3.05, 3.63) is 63.0 Å². The molecule has 2 atom stereocenters. The van der Waals surface area contributed by atoms with Gasteiger partial charge in [0.05, 0.1) is 17.8 Å². The van der Waals surface area contributed by atoms with Gasteiger partial charge in [-0.1, -0.05) is 50.6 Å². The van der Waals surface area contributed by atoms with Gasteiger partial charge in [0.15, 0.2) is 0 Å². The number of nitrogens with one attached hydrogen (secondary N) is 1. The molecule has 0 fully saturated rings. The van der Waals surface area contributed by atoms with E-state index in [0.717, 1.165) is 53.4 Å². The minimum atomic E-state index is -0.159. The lowest BCUT2D eigenvalue weighted by molar-refractivity contribution is -0.122. The van der Waals surface area contributed by atoms with Crippen molar-refractivity contribution < 1.29 is 4.79 Å². The highest BCUT2D eigenvalue weighted by Gasteiger charge is 2.23. The van der Waals surface area contributed by atoms with E-state index in [1.165, 1.54) is 15.8 Å². The Bertz CT molecular complexity index is 1070. The lowest BCUT2D eigenvalue weighted by atomic mass is 9.89. The van der Waals surface area contributed by atoms with Crippen LogP contribution in [0.1, 0.15) is 55.2 Å². The van der Waals surface area contributed by atoms with Gasteiger partial charge in [0.25, 0.3) is 5.56 Å². The molecule has 1 N–H and O–H groups in total. The second kappa shape index (κ2) is 8.49. The Morgan fingerprint density at radius 2 is 2.14 bits per heavy atom. The molecule has 0 spiro atoms. The third kappa shape index (κ3) is 4.13. The van der Waals surface area contributed by atoms with Gasteiger partial charge in [0, 0.05) is 4.88 Å². The summed E-state index contributed by atoms with van der Waals surface area (Å²) in [6.45, 7) is 4.35. The predicted octanol–water partition coefficient (Wildman–Crippen LogP) is 4.24. The summed E-state index contributed by atoms with van der Waals surface area (Å²) in [6.07, 6.45) is 6.39. The monoisotopic (exact) mass is 409 g/mol. The van der Waals surface area contributed by atoms with Crippen molar-refractivity contribution >= 4 is 27.5 Å². The first-order valence-corrected chi connectivity index (χ1v) is 11.2. The van der Waals surface area contributed by atoms with Crippen molar-refractivity contribution in [2.24, 2.45) is 5.92 Å². The molecule has 0 saturated heterocycles. The van der Waals surface area contributed by atoms with Gasteiger partial charge < -0.3 is 5.32 Å². The molecule has 2 aromatic heterocycles. The van der Waals surface area contributed by atoms with E-state index in [9.17, 15) is 9.59 Å². The van der Waals surface area contributed by atoms with Gasteiger partial charge in [-0.25, -0.2) is 4.98 Å². The normalized spacial score (nSPS) is 17.1. The quantitative estimate of drug-likeness (QED) is 0.662. The molecule has 1 aliphatic rings. The Hall–Kier alpha value is -2.47. The number of aryl methyl sites for hydroxylation is 1. The molecule has 0 radical (unpaired) electrons. The topological polar surface area (TPSA) is 64.0 Å². The number of amides is 1. The van der Waals surface area contributed by atoms with Gasteiger partial charge in [-0.2, -0.15) is 0 Å². The average Bonchev–Trinajstić information content (AvgIpc) is 3.08. The van der Waals surface area contributed by atoms with E-state index in [1.807, 2.05) is 30.3 Å². The number of fused-ring (bicyclic) bond motifs is 3. The summed E-state index contributed by atoms with van der Waals surface area (Å²) in [5.41, 5.74) is 2.15. The summed E-state index contributed by atoms with van der Waals surface area (Å²) in [7, 11) is 0. The smallest absolute Gasteiger partial charge is 0.262 e. The molecule has 5 nitrogen and oxygen atoms in total. The Labute approximate surface area is 174 Å². The van der Waals surface area contributed by atoms with Crippen molar-refractivity contribution in [2.75, 3.05) is 0 Å². The number of carbonyl (C=O) groups excluding carboxylic acids is 1. The minimum Gasteiger partial charge on any atom is -0.348 e. The molecule has 152 valence electrons. The lowest BCUT2D eigenvalue weighted by Crippen LogP contribution is -2.35. The van der Waals surface area contributed by atoms with Gasteiger partial charge in [-0.15, -0.1) is 11.3 Å². The van der Waals surface area contributed by atoms with Crippen LogP contribution < -0.4 is 10.9 Å². The molecule has 6 heteroatoms. The molecule has 0 unspecified atom stereocenters. The van der Waals surface area contributed by atoms with Crippen LogP contribution >= 0.6 is 11.3 Å². The molecule has 1 aliphatic carbocycles. The van der Waals surface area contributed by atoms with Crippen LogP contribution in [0.4, 0.5) is 0 Å². The van der Waals surface area contributed by atoms with Gasteiger partial charge in [0.2, 0.25) is 5.91 Å². The van der Waals surface area contributed by atoms with Gasteiger partial charge in [-0.3, -0.25) is 14.2 Å². The summed E-state index contributed by atoms with van der Waals surface area (Å²) in [5.74, 6) is 0.491. The molecule has 4 rings (SSSR count). The second-order valence-corrected chi connectivity index (χ2v) is 9.11. The van der Waals surface area contributed by atoms with Gasteiger partial charge in [0.1, 0.15) is 11.4 Å². The van der Waals surface area contributed by atoms with E-state index < -0.39 is 0 Å². The van der Waals surface area contributed by atoms with E-state index in [2.05, 4.69) is 24.1 Å². The SMILES string of the molecule is CCC[C@@H](NC(=O)Cn1cnc2sc3c(c2c1=O)CC[C@@H](C)C3)c1ccccc1. The fourth-order valence-electron chi connectivity index (χ4n) is 4.17. The Morgan fingerprint density at radius 3 is 2.90 bits per heavy atom. The first kappa shape index (κ1) is 19.8.